The highest BCUT2D eigenvalue weighted by atomic mass is 14.9. The molecule has 92 valence electrons. The summed E-state index contributed by atoms with van der Waals surface area (Å²) in [6.45, 7) is 17.2. The summed E-state index contributed by atoms with van der Waals surface area (Å²) in [6, 6.07) is 0. The van der Waals surface area contributed by atoms with Gasteiger partial charge in [0.05, 0.1) is 0 Å². The van der Waals surface area contributed by atoms with Gasteiger partial charge in [-0.05, 0) is 51.5 Å². The van der Waals surface area contributed by atoms with Crippen molar-refractivity contribution >= 4 is 0 Å². The first-order valence-corrected chi connectivity index (χ1v) is 6.51. The van der Waals surface area contributed by atoms with Gasteiger partial charge >= 0.3 is 0 Å². The van der Waals surface area contributed by atoms with Gasteiger partial charge < -0.3 is 5.32 Å². The zero-order chi connectivity index (χ0) is 12.1. The number of rotatable bonds is 6. The molecule has 2 atom stereocenters. The second-order valence-corrected chi connectivity index (χ2v) is 6.38. The molecule has 0 aliphatic carbocycles. The number of hydrogen-bond acceptors (Lipinski definition) is 1. The SMILES string of the molecule is CCC(C)CC(CNC(C)(C)C)C(C)C. The molecule has 15 heavy (non-hydrogen) atoms. The summed E-state index contributed by atoms with van der Waals surface area (Å²) in [5.74, 6) is 2.46. The Hall–Kier alpha value is -0.0400. The van der Waals surface area contributed by atoms with Crippen molar-refractivity contribution in [2.75, 3.05) is 6.54 Å². The highest BCUT2D eigenvalue weighted by molar-refractivity contribution is 4.75. The predicted molar refractivity (Wildman–Crippen MR) is 70.2 cm³/mol. The van der Waals surface area contributed by atoms with E-state index in [0.717, 1.165) is 24.3 Å². The van der Waals surface area contributed by atoms with E-state index in [0.29, 0.717) is 0 Å². The zero-order valence-corrected chi connectivity index (χ0v) is 11.9. The smallest absolute Gasteiger partial charge is 0.00966 e. The van der Waals surface area contributed by atoms with E-state index in [2.05, 4.69) is 53.8 Å². The molecule has 0 amide bonds. The molecule has 0 saturated heterocycles. The Labute approximate surface area is 97.0 Å². The molecule has 0 rings (SSSR count). The van der Waals surface area contributed by atoms with Crippen LogP contribution in [0.15, 0.2) is 0 Å². The molecular weight excluding hydrogens is 182 g/mol. The highest BCUT2D eigenvalue weighted by Gasteiger charge is 2.18. The van der Waals surface area contributed by atoms with Crippen LogP contribution in [0.5, 0.6) is 0 Å². The Morgan fingerprint density at radius 1 is 1.07 bits per heavy atom. The maximum atomic E-state index is 3.63. The highest BCUT2D eigenvalue weighted by Crippen LogP contribution is 2.22. The van der Waals surface area contributed by atoms with Gasteiger partial charge in [-0.3, -0.25) is 0 Å². The van der Waals surface area contributed by atoms with Gasteiger partial charge in [0, 0.05) is 5.54 Å². The average Bonchev–Trinajstić information content (AvgIpc) is 2.09. The third kappa shape index (κ3) is 7.84. The molecule has 0 aromatic heterocycles. The van der Waals surface area contributed by atoms with Crippen molar-refractivity contribution in [1.29, 1.82) is 0 Å². The van der Waals surface area contributed by atoms with Gasteiger partial charge in [-0.25, -0.2) is 0 Å². The maximum Gasteiger partial charge on any atom is 0.00966 e. The normalized spacial score (nSPS) is 16.8. The van der Waals surface area contributed by atoms with E-state index in [1.54, 1.807) is 0 Å². The lowest BCUT2D eigenvalue weighted by molar-refractivity contribution is 0.265. The van der Waals surface area contributed by atoms with E-state index in [9.17, 15) is 0 Å². The molecule has 0 aliphatic rings. The van der Waals surface area contributed by atoms with Crippen molar-refractivity contribution in [3.05, 3.63) is 0 Å². The molecule has 0 fully saturated rings. The standard InChI is InChI=1S/C14H31N/c1-8-12(4)9-13(11(2)3)10-15-14(5,6)7/h11-13,15H,8-10H2,1-7H3. The van der Waals surface area contributed by atoms with Crippen molar-refractivity contribution in [3.8, 4) is 0 Å². The third-order valence-corrected chi connectivity index (χ3v) is 3.24. The Bertz CT molecular complexity index is 155. The van der Waals surface area contributed by atoms with Crippen molar-refractivity contribution in [2.24, 2.45) is 17.8 Å². The van der Waals surface area contributed by atoms with Crippen LogP contribution >= 0.6 is 0 Å². The molecule has 0 aromatic rings. The van der Waals surface area contributed by atoms with Crippen LogP contribution in [0.3, 0.4) is 0 Å². The molecule has 0 heterocycles. The van der Waals surface area contributed by atoms with Crippen LogP contribution in [-0.2, 0) is 0 Å². The summed E-state index contributed by atoms with van der Waals surface area (Å²) in [5, 5.41) is 3.63. The molecule has 0 bridgehead atoms. The summed E-state index contributed by atoms with van der Waals surface area (Å²) in [5.41, 5.74) is 0.253. The minimum atomic E-state index is 0.253. The third-order valence-electron chi connectivity index (χ3n) is 3.24. The number of nitrogens with one attached hydrogen (secondary N) is 1. The first kappa shape index (κ1) is 15.0. The molecule has 0 aliphatic heterocycles. The summed E-state index contributed by atoms with van der Waals surface area (Å²) < 4.78 is 0. The van der Waals surface area contributed by atoms with Gasteiger partial charge in [0.15, 0.2) is 0 Å². The van der Waals surface area contributed by atoms with Crippen molar-refractivity contribution in [2.45, 2.75) is 66.8 Å². The van der Waals surface area contributed by atoms with E-state index in [-0.39, 0.29) is 5.54 Å². The minimum Gasteiger partial charge on any atom is -0.312 e. The largest absolute Gasteiger partial charge is 0.312 e. The predicted octanol–water partition coefficient (Wildman–Crippen LogP) is 4.08. The van der Waals surface area contributed by atoms with Crippen LogP contribution in [0, 0.1) is 17.8 Å². The van der Waals surface area contributed by atoms with Crippen LogP contribution in [0.2, 0.25) is 0 Å². The lowest BCUT2D eigenvalue weighted by Crippen LogP contribution is -2.40. The van der Waals surface area contributed by atoms with Crippen molar-refractivity contribution < 1.29 is 0 Å². The second kappa shape index (κ2) is 6.52. The van der Waals surface area contributed by atoms with Crippen LogP contribution < -0.4 is 5.32 Å². The fourth-order valence-corrected chi connectivity index (χ4v) is 1.71. The first-order valence-electron chi connectivity index (χ1n) is 6.51. The van der Waals surface area contributed by atoms with Crippen molar-refractivity contribution in [1.82, 2.24) is 5.32 Å². The fraction of sp³-hybridized carbons (Fsp3) is 1.00. The lowest BCUT2D eigenvalue weighted by Gasteiger charge is -2.29. The van der Waals surface area contributed by atoms with E-state index >= 15 is 0 Å². The molecule has 1 N–H and O–H groups in total. The quantitative estimate of drug-likeness (QED) is 0.701. The molecule has 0 radical (unpaired) electrons. The summed E-state index contributed by atoms with van der Waals surface area (Å²) in [6.07, 6.45) is 2.66. The van der Waals surface area contributed by atoms with E-state index in [1.807, 2.05) is 0 Å². The van der Waals surface area contributed by atoms with Gasteiger partial charge in [-0.15, -0.1) is 0 Å². The fourth-order valence-electron chi connectivity index (χ4n) is 1.71. The van der Waals surface area contributed by atoms with Gasteiger partial charge in [0.25, 0.3) is 0 Å². The summed E-state index contributed by atoms with van der Waals surface area (Å²) in [4.78, 5) is 0. The van der Waals surface area contributed by atoms with Crippen LogP contribution in [0.25, 0.3) is 0 Å². The molecular formula is C14H31N. The van der Waals surface area contributed by atoms with E-state index in [4.69, 9.17) is 0 Å². The molecule has 1 nitrogen and oxygen atoms in total. The Morgan fingerprint density at radius 3 is 1.93 bits per heavy atom. The lowest BCUT2D eigenvalue weighted by atomic mass is 9.85. The van der Waals surface area contributed by atoms with Crippen LogP contribution in [0.4, 0.5) is 0 Å². The average molecular weight is 213 g/mol. The second-order valence-electron chi connectivity index (χ2n) is 6.38. The number of hydrogen-bond donors (Lipinski definition) is 1. The van der Waals surface area contributed by atoms with E-state index in [1.165, 1.54) is 12.8 Å². The van der Waals surface area contributed by atoms with Gasteiger partial charge in [0.1, 0.15) is 0 Å². The zero-order valence-electron chi connectivity index (χ0n) is 11.9. The minimum absolute atomic E-state index is 0.253. The monoisotopic (exact) mass is 213 g/mol. The van der Waals surface area contributed by atoms with Gasteiger partial charge in [0.2, 0.25) is 0 Å². The topological polar surface area (TPSA) is 12.0 Å². The van der Waals surface area contributed by atoms with Crippen LogP contribution in [0.1, 0.15) is 61.3 Å². The van der Waals surface area contributed by atoms with Crippen molar-refractivity contribution in [3.63, 3.8) is 0 Å². The molecule has 0 saturated carbocycles. The Kier molecular flexibility index (Phi) is 6.51. The van der Waals surface area contributed by atoms with Gasteiger partial charge in [-0.1, -0.05) is 34.1 Å². The van der Waals surface area contributed by atoms with Gasteiger partial charge in [-0.2, -0.15) is 0 Å². The Morgan fingerprint density at radius 2 is 1.60 bits per heavy atom. The van der Waals surface area contributed by atoms with Crippen LogP contribution in [-0.4, -0.2) is 12.1 Å². The molecule has 2 unspecified atom stereocenters. The summed E-state index contributed by atoms with van der Waals surface area (Å²) in [7, 11) is 0. The summed E-state index contributed by atoms with van der Waals surface area (Å²) >= 11 is 0. The molecule has 1 heteroatoms. The molecule has 0 spiro atoms. The van der Waals surface area contributed by atoms with E-state index < -0.39 is 0 Å². The first-order chi connectivity index (χ1) is 6.76. The maximum absolute atomic E-state index is 3.63. The molecule has 0 aromatic carbocycles. The Balaban J connectivity index is 4.05.